The molecule has 1 aliphatic rings. The van der Waals surface area contributed by atoms with Crippen molar-refractivity contribution in [1.82, 2.24) is 29.9 Å². The van der Waals surface area contributed by atoms with E-state index in [4.69, 9.17) is 0 Å². The number of fused-ring (bicyclic) bond motifs is 2. The monoisotopic (exact) mass is 352 g/mol. The van der Waals surface area contributed by atoms with Gasteiger partial charge in [-0.3, -0.25) is 9.58 Å². The van der Waals surface area contributed by atoms with Crippen molar-refractivity contribution < 1.29 is 4.79 Å². The van der Waals surface area contributed by atoms with Gasteiger partial charge in [-0.05, 0) is 23.8 Å². The summed E-state index contributed by atoms with van der Waals surface area (Å²) in [7, 11) is 3.50. The summed E-state index contributed by atoms with van der Waals surface area (Å²) in [4.78, 5) is 19.1. The normalized spacial score (nSPS) is 17.2. The number of urea groups is 1. The van der Waals surface area contributed by atoms with Crippen LogP contribution in [0.2, 0.25) is 0 Å². The molecule has 0 radical (unpaired) electrons. The van der Waals surface area contributed by atoms with Gasteiger partial charge in [-0.1, -0.05) is 12.1 Å². The van der Waals surface area contributed by atoms with E-state index in [1.807, 2.05) is 17.1 Å². The first-order chi connectivity index (χ1) is 12.6. The van der Waals surface area contributed by atoms with Crippen molar-refractivity contribution in [2.45, 2.75) is 19.1 Å². The van der Waals surface area contributed by atoms with Gasteiger partial charge < -0.3 is 15.2 Å². The summed E-state index contributed by atoms with van der Waals surface area (Å²) in [6.45, 7) is 3.15. The molecule has 0 aliphatic carbocycles. The Kier molecular flexibility index (Phi) is 4.38. The zero-order chi connectivity index (χ0) is 18.1. The molecule has 0 spiro atoms. The van der Waals surface area contributed by atoms with E-state index in [-0.39, 0.29) is 12.1 Å². The molecule has 0 fully saturated rings. The second-order valence-electron chi connectivity index (χ2n) is 7.03. The van der Waals surface area contributed by atoms with Gasteiger partial charge in [-0.25, -0.2) is 4.79 Å². The quantitative estimate of drug-likeness (QED) is 0.756. The van der Waals surface area contributed by atoms with E-state index in [2.05, 4.69) is 50.6 Å². The van der Waals surface area contributed by atoms with Crippen LogP contribution in [0.15, 0.2) is 42.7 Å². The van der Waals surface area contributed by atoms with Crippen molar-refractivity contribution in [3.05, 3.63) is 54.0 Å². The van der Waals surface area contributed by atoms with Crippen LogP contribution >= 0.6 is 0 Å². The van der Waals surface area contributed by atoms with Crippen LogP contribution < -0.4 is 5.32 Å². The van der Waals surface area contributed by atoms with Crippen LogP contribution in [-0.4, -0.2) is 57.8 Å². The van der Waals surface area contributed by atoms with Crippen molar-refractivity contribution in [3.63, 3.8) is 0 Å². The third-order valence-electron chi connectivity index (χ3n) is 4.93. The van der Waals surface area contributed by atoms with Crippen LogP contribution in [0.4, 0.5) is 4.79 Å². The first kappa shape index (κ1) is 16.7. The fraction of sp³-hybridized carbons (Fsp3) is 0.368. The maximum absolute atomic E-state index is 11.9. The molecule has 3 aromatic rings. The number of aromatic amines is 1. The van der Waals surface area contributed by atoms with Gasteiger partial charge in [-0.15, -0.1) is 0 Å². The van der Waals surface area contributed by atoms with Gasteiger partial charge >= 0.3 is 6.03 Å². The van der Waals surface area contributed by atoms with Crippen LogP contribution in [0.25, 0.3) is 10.9 Å². The van der Waals surface area contributed by atoms with Gasteiger partial charge in [0.05, 0.1) is 11.7 Å². The number of rotatable bonds is 4. The van der Waals surface area contributed by atoms with Gasteiger partial charge in [0.15, 0.2) is 0 Å². The van der Waals surface area contributed by atoms with Crippen molar-refractivity contribution in [2.24, 2.45) is 0 Å². The summed E-state index contributed by atoms with van der Waals surface area (Å²) >= 11 is 0. The third-order valence-corrected chi connectivity index (χ3v) is 4.93. The molecule has 1 aliphatic heterocycles. The van der Waals surface area contributed by atoms with E-state index >= 15 is 0 Å². The summed E-state index contributed by atoms with van der Waals surface area (Å²) in [6.07, 6.45) is 3.82. The Labute approximate surface area is 152 Å². The fourth-order valence-electron chi connectivity index (χ4n) is 3.63. The first-order valence-corrected chi connectivity index (χ1v) is 8.86. The first-order valence-electron chi connectivity index (χ1n) is 8.86. The Morgan fingerprint density at radius 2 is 2.23 bits per heavy atom. The molecule has 4 rings (SSSR count). The van der Waals surface area contributed by atoms with Crippen molar-refractivity contribution in [3.8, 4) is 0 Å². The average Bonchev–Trinajstić information content (AvgIpc) is 3.28. The van der Waals surface area contributed by atoms with Gasteiger partial charge in [0.1, 0.15) is 0 Å². The number of aromatic nitrogens is 3. The van der Waals surface area contributed by atoms with E-state index in [9.17, 15) is 4.79 Å². The van der Waals surface area contributed by atoms with E-state index in [0.717, 1.165) is 19.6 Å². The van der Waals surface area contributed by atoms with Crippen molar-refractivity contribution in [2.75, 3.05) is 27.2 Å². The average molecular weight is 352 g/mol. The molecule has 136 valence electrons. The number of H-pyrrole nitrogens is 1. The molecule has 7 nitrogen and oxygen atoms in total. The van der Waals surface area contributed by atoms with Gasteiger partial charge in [0.2, 0.25) is 0 Å². The van der Waals surface area contributed by atoms with E-state index in [1.165, 1.54) is 22.2 Å². The lowest BCUT2D eigenvalue weighted by molar-refractivity contribution is 0.162. The number of hydrogen-bond donors (Lipinski definition) is 2. The number of nitrogens with one attached hydrogen (secondary N) is 2. The largest absolute Gasteiger partial charge is 0.361 e. The number of hydrogen-bond acceptors (Lipinski definition) is 3. The molecule has 0 saturated carbocycles. The maximum atomic E-state index is 11.9. The van der Waals surface area contributed by atoms with Crippen LogP contribution in [0, 0.1) is 0 Å². The number of carbonyl (C=O) groups is 1. The Morgan fingerprint density at radius 1 is 1.35 bits per heavy atom. The molecule has 0 unspecified atom stereocenters. The molecule has 2 N–H and O–H groups in total. The summed E-state index contributed by atoms with van der Waals surface area (Å²) in [6, 6.07) is 10.6. The zero-order valence-electron chi connectivity index (χ0n) is 15.1. The van der Waals surface area contributed by atoms with Crippen molar-refractivity contribution >= 4 is 16.9 Å². The van der Waals surface area contributed by atoms with E-state index in [1.54, 1.807) is 19.0 Å². The highest BCUT2D eigenvalue weighted by Gasteiger charge is 2.26. The van der Waals surface area contributed by atoms with Crippen LogP contribution in [0.1, 0.15) is 17.3 Å². The molecule has 2 amide bonds. The Bertz CT molecular complexity index is 912. The number of amides is 2. The molecule has 2 aromatic heterocycles. The van der Waals surface area contributed by atoms with Crippen molar-refractivity contribution in [1.29, 1.82) is 0 Å². The minimum Gasteiger partial charge on any atom is -0.361 e. The summed E-state index contributed by atoms with van der Waals surface area (Å²) < 4.78 is 2.04. The molecular formula is C19H24N6O. The summed E-state index contributed by atoms with van der Waals surface area (Å²) in [5.41, 5.74) is 3.66. The standard InChI is InChI=1S/C19H24N6O/c1-23(2)19(26)21-10-16-13-24(12-15-6-9-22-25(15)16)11-14-4-3-5-18-17(14)7-8-20-18/h3-9,16,20H,10-13H2,1-2H3,(H,21,26)/t16-/m0/s1. The Morgan fingerprint density at radius 3 is 3.08 bits per heavy atom. The van der Waals surface area contributed by atoms with E-state index < -0.39 is 0 Å². The lowest BCUT2D eigenvalue weighted by Crippen LogP contribution is -2.44. The van der Waals surface area contributed by atoms with Crippen LogP contribution in [-0.2, 0) is 13.1 Å². The molecule has 0 bridgehead atoms. The smallest absolute Gasteiger partial charge is 0.316 e. The lowest BCUT2D eigenvalue weighted by Gasteiger charge is -2.34. The molecule has 1 atom stereocenters. The zero-order valence-corrected chi connectivity index (χ0v) is 15.1. The Hall–Kier alpha value is -2.80. The lowest BCUT2D eigenvalue weighted by atomic mass is 10.1. The Balaban J connectivity index is 1.52. The fourth-order valence-corrected chi connectivity index (χ4v) is 3.63. The molecular weight excluding hydrogens is 328 g/mol. The minimum absolute atomic E-state index is 0.0760. The number of nitrogens with zero attached hydrogens (tertiary/aromatic N) is 4. The maximum Gasteiger partial charge on any atom is 0.316 e. The molecule has 3 heterocycles. The highest BCUT2D eigenvalue weighted by Crippen LogP contribution is 2.24. The van der Waals surface area contributed by atoms with Crippen LogP contribution in [0.5, 0.6) is 0 Å². The van der Waals surface area contributed by atoms with Crippen LogP contribution in [0.3, 0.4) is 0 Å². The predicted octanol–water partition coefficient (Wildman–Crippen LogP) is 2.19. The third kappa shape index (κ3) is 3.17. The number of benzene rings is 1. The molecule has 0 saturated heterocycles. The topological polar surface area (TPSA) is 69.2 Å². The highest BCUT2D eigenvalue weighted by molar-refractivity contribution is 5.82. The van der Waals surface area contributed by atoms with Gasteiger partial charge in [0, 0.05) is 63.6 Å². The van der Waals surface area contributed by atoms with E-state index in [0.29, 0.717) is 6.54 Å². The van der Waals surface area contributed by atoms with Gasteiger partial charge in [-0.2, -0.15) is 5.10 Å². The summed E-state index contributed by atoms with van der Waals surface area (Å²) in [5, 5.41) is 8.72. The van der Waals surface area contributed by atoms with Gasteiger partial charge in [0.25, 0.3) is 0 Å². The highest BCUT2D eigenvalue weighted by atomic mass is 16.2. The predicted molar refractivity (Wildman–Crippen MR) is 101 cm³/mol. The second-order valence-corrected chi connectivity index (χ2v) is 7.03. The minimum atomic E-state index is -0.0760. The second kappa shape index (κ2) is 6.84. The summed E-state index contributed by atoms with van der Waals surface area (Å²) in [5.74, 6) is 0. The molecule has 26 heavy (non-hydrogen) atoms. The molecule has 7 heteroatoms. The molecule has 1 aromatic carbocycles. The SMILES string of the molecule is CN(C)C(=O)NC[C@H]1CN(Cc2cccc3[nH]ccc23)Cc2ccnn21. The number of carbonyl (C=O) groups excluding carboxylic acids is 1.